The molecule has 0 spiro atoms. The van der Waals surface area contributed by atoms with Gasteiger partial charge in [-0.2, -0.15) is 0 Å². The number of piperazine rings is 1. The Labute approximate surface area is 157 Å². The van der Waals surface area contributed by atoms with Gasteiger partial charge in [0.15, 0.2) is 0 Å². The molecule has 26 heavy (non-hydrogen) atoms. The van der Waals surface area contributed by atoms with Gasteiger partial charge in [-0.1, -0.05) is 54.6 Å². The first-order valence-corrected chi connectivity index (χ1v) is 9.88. The van der Waals surface area contributed by atoms with Gasteiger partial charge in [0.25, 0.3) is 0 Å². The molecule has 1 fully saturated rings. The molecule has 2 aromatic rings. The van der Waals surface area contributed by atoms with E-state index < -0.39 is 0 Å². The molecular weight excluding hydrogens is 320 g/mol. The largest absolute Gasteiger partial charge is 0.493 e. The minimum atomic E-state index is 0.804. The average molecular weight is 353 g/mol. The zero-order valence-electron chi connectivity index (χ0n) is 15.8. The molecule has 0 amide bonds. The number of quaternary nitrogens is 2. The monoisotopic (exact) mass is 352 g/mol. The van der Waals surface area contributed by atoms with E-state index >= 15 is 0 Å². The van der Waals surface area contributed by atoms with Crippen LogP contribution in [0.3, 0.4) is 0 Å². The Balaban J connectivity index is 1.34. The molecule has 3 nitrogen and oxygen atoms in total. The van der Waals surface area contributed by atoms with Crippen molar-refractivity contribution in [3.63, 3.8) is 0 Å². The molecule has 0 unspecified atom stereocenters. The highest BCUT2D eigenvalue weighted by Crippen LogP contribution is 2.18. The Morgan fingerprint density at radius 2 is 1.58 bits per heavy atom. The fourth-order valence-corrected chi connectivity index (χ4v) is 3.74. The van der Waals surface area contributed by atoms with Crippen LogP contribution in [0.4, 0.5) is 0 Å². The van der Waals surface area contributed by atoms with Gasteiger partial charge in [0.05, 0.1) is 13.2 Å². The van der Waals surface area contributed by atoms with Gasteiger partial charge in [0.2, 0.25) is 0 Å². The molecule has 0 aliphatic carbocycles. The Hall–Kier alpha value is -2.10. The highest BCUT2D eigenvalue weighted by Gasteiger charge is 2.22. The maximum absolute atomic E-state index is 6.01. The molecule has 138 valence electrons. The normalized spacial score (nSPS) is 19.8. The fraction of sp³-hybridized carbons (Fsp3) is 0.391. The van der Waals surface area contributed by atoms with Gasteiger partial charge in [-0.15, -0.1) is 6.58 Å². The smallest absolute Gasteiger partial charge is 0.127 e. The first-order valence-electron chi connectivity index (χ1n) is 9.88. The summed E-state index contributed by atoms with van der Waals surface area (Å²) in [7, 11) is 0. The third-order valence-corrected chi connectivity index (χ3v) is 5.23. The maximum atomic E-state index is 6.01. The Bertz CT molecular complexity index is 663. The van der Waals surface area contributed by atoms with Gasteiger partial charge in [-0.3, -0.25) is 0 Å². The number of ether oxygens (including phenoxy) is 1. The summed E-state index contributed by atoms with van der Waals surface area (Å²) in [5.41, 5.74) is 2.69. The van der Waals surface area contributed by atoms with E-state index in [-0.39, 0.29) is 0 Å². The van der Waals surface area contributed by atoms with E-state index in [1.165, 1.54) is 43.9 Å². The number of para-hydroxylation sites is 1. The third-order valence-electron chi connectivity index (χ3n) is 5.23. The van der Waals surface area contributed by atoms with Gasteiger partial charge in [0.1, 0.15) is 38.5 Å². The summed E-state index contributed by atoms with van der Waals surface area (Å²) in [6.45, 7) is 12.1. The lowest BCUT2D eigenvalue weighted by atomic mass is 10.1. The van der Waals surface area contributed by atoms with Crippen LogP contribution in [0.2, 0.25) is 0 Å². The highest BCUT2D eigenvalue weighted by molar-refractivity contribution is 5.34. The van der Waals surface area contributed by atoms with Gasteiger partial charge in [0, 0.05) is 12.0 Å². The van der Waals surface area contributed by atoms with Gasteiger partial charge < -0.3 is 14.5 Å². The molecule has 2 aromatic carbocycles. The van der Waals surface area contributed by atoms with Crippen molar-refractivity contribution < 1.29 is 14.5 Å². The first-order chi connectivity index (χ1) is 12.8. The molecule has 0 bridgehead atoms. The number of rotatable bonds is 9. The number of hydrogen-bond acceptors (Lipinski definition) is 1. The third kappa shape index (κ3) is 5.72. The quantitative estimate of drug-likeness (QED) is 0.512. The van der Waals surface area contributed by atoms with Crippen molar-refractivity contribution in [2.45, 2.75) is 19.4 Å². The van der Waals surface area contributed by atoms with Crippen LogP contribution in [0.5, 0.6) is 5.75 Å². The molecule has 2 N–H and O–H groups in total. The molecule has 1 saturated heterocycles. The summed E-state index contributed by atoms with van der Waals surface area (Å²) < 4.78 is 6.01. The standard InChI is InChI=1S/C23H30N2O/c1-2-9-22-12-6-7-13-23(22)26-19-8-14-24-15-17-25(18-16-24)20-21-10-4-3-5-11-21/h2-7,10-13H,1,8-9,14-20H2/p+2. The molecule has 0 aromatic heterocycles. The van der Waals surface area contributed by atoms with Gasteiger partial charge in [-0.25, -0.2) is 0 Å². The van der Waals surface area contributed by atoms with E-state index in [1.54, 1.807) is 9.80 Å². The summed E-state index contributed by atoms with van der Waals surface area (Å²) in [4.78, 5) is 3.44. The van der Waals surface area contributed by atoms with Crippen molar-refractivity contribution in [1.29, 1.82) is 0 Å². The zero-order chi connectivity index (χ0) is 18.0. The van der Waals surface area contributed by atoms with Crippen molar-refractivity contribution in [3.05, 3.63) is 78.4 Å². The molecule has 0 atom stereocenters. The van der Waals surface area contributed by atoms with Crippen LogP contribution in [-0.2, 0) is 13.0 Å². The van der Waals surface area contributed by atoms with E-state index in [0.717, 1.165) is 31.7 Å². The van der Waals surface area contributed by atoms with Gasteiger partial charge >= 0.3 is 0 Å². The number of allylic oxidation sites excluding steroid dienone is 1. The van der Waals surface area contributed by atoms with Crippen LogP contribution >= 0.6 is 0 Å². The van der Waals surface area contributed by atoms with Crippen molar-refractivity contribution in [3.8, 4) is 5.75 Å². The van der Waals surface area contributed by atoms with Crippen LogP contribution < -0.4 is 14.5 Å². The predicted molar refractivity (Wildman–Crippen MR) is 107 cm³/mol. The first kappa shape index (κ1) is 18.7. The van der Waals surface area contributed by atoms with Crippen molar-refractivity contribution in [2.75, 3.05) is 39.3 Å². The Kier molecular flexibility index (Phi) is 7.29. The van der Waals surface area contributed by atoms with E-state index in [4.69, 9.17) is 4.74 Å². The highest BCUT2D eigenvalue weighted by atomic mass is 16.5. The lowest BCUT2D eigenvalue weighted by molar-refractivity contribution is -1.02. The van der Waals surface area contributed by atoms with Gasteiger partial charge in [-0.05, 0) is 18.1 Å². The summed E-state index contributed by atoms with van der Waals surface area (Å²) >= 11 is 0. The van der Waals surface area contributed by atoms with Crippen molar-refractivity contribution in [2.24, 2.45) is 0 Å². The molecule has 1 aliphatic heterocycles. The zero-order valence-corrected chi connectivity index (χ0v) is 15.8. The number of nitrogens with one attached hydrogen (secondary N) is 2. The van der Waals surface area contributed by atoms with Crippen LogP contribution in [0, 0.1) is 0 Å². The lowest BCUT2D eigenvalue weighted by Gasteiger charge is -2.29. The fourth-order valence-electron chi connectivity index (χ4n) is 3.74. The minimum absolute atomic E-state index is 0.804. The Morgan fingerprint density at radius 1 is 0.885 bits per heavy atom. The van der Waals surface area contributed by atoms with Crippen molar-refractivity contribution >= 4 is 0 Å². The maximum Gasteiger partial charge on any atom is 0.127 e. The van der Waals surface area contributed by atoms with Crippen molar-refractivity contribution in [1.82, 2.24) is 0 Å². The predicted octanol–water partition coefficient (Wildman–Crippen LogP) is 1.17. The second-order valence-corrected chi connectivity index (χ2v) is 7.21. The average Bonchev–Trinajstić information content (AvgIpc) is 2.69. The second-order valence-electron chi connectivity index (χ2n) is 7.21. The summed E-state index contributed by atoms with van der Waals surface area (Å²) in [5, 5.41) is 0. The van der Waals surface area contributed by atoms with E-state index in [1.807, 2.05) is 12.1 Å². The van der Waals surface area contributed by atoms with Crippen LogP contribution in [0.15, 0.2) is 67.3 Å². The molecule has 1 heterocycles. The SMILES string of the molecule is C=CCc1ccccc1OCCC[NH+]1CC[NH+](Cc2ccccc2)CC1. The number of benzene rings is 2. The van der Waals surface area contributed by atoms with E-state index in [2.05, 4.69) is 55.1 Å². The lowest BCUT2D eigenvalue weighted by Crippen LogP contribution is -3.27. The molecule has 0 saturated carbocycles. The van der Waals surface area contributed by atoms with Crippen LogP contribution in [0.1, 0.15) is 17.5 Å². The van der Waals surface area contributed by atoms with Crippen LogP contribution in [0.25, 0.3) is 0 Å². The van der Waals surface area contributed by atoms with E-state index in [9.17, 15) is 0 Å². The summed E-state index contributed by atoms with van der Waals surface area (Å²) in [5.74, 6) is 1.01. The molecule has 0 radical (unpaired) electrons. The number of hydrogen-bond donors (Lipinski definition) is 2. The molecular formula is C23H32N2O+2. The summed E-state index contributed by atoms with van der Waals surface area (Å²) in [6.07, 6.45) is 3.92. The molecule has 1 aliphatic rings. The second kappa shape index (κ2) is 10.1. The molecule has 3 rings (SSSR count). The molecule has 3 heteroatoms. The van der Waals surface area contributed by atoms with E-state index in [0.29, 0.717) is 0 Å². The Morgan fingerprint density at radius 3 is 2.35 bits per heavy atom. The topological polar surface area (TPSA) is 18.1 Å². The van der Waals surface area contributed by atoms with Crippen LogP contribution in [-0.4, -0.2) is 39.3 Å². The minimum Gasteiger partial charge on any atom is -0.493 e. The summed E-state index contributed by atoms with van der Waals surface area (Å²) in [6, 6.07) is 19.2.